The quantitative estimate of drug-likeness (QED) is 0.792. The molecule has 5 heteroatoms. The molecular weight excluding hydrogens is 238 g/mol. The highest BCUT2D eigenvalue weighted by Crippen LogP contribution is 2.14. The minimum atomic E-state index is 0.527. The van der Waals surface area contributed by atoms with Crippen LogP contribution in [-0.4, -0.2) is 26.4 Å². The van der Waals surface area contributed by atoms with Crippen LogP contribution in [0.5, 0.6) is 0 Å². The monoisotopic (exact) mass is 255 g/mol. The molecule has 5 nitrogen and oxygen atoms in total. The summed E-state index contributed by atoms with van der Waals surface area (Å²) in [5, 5.41) is 12.5. The number of rotatable bonds is 3. The van der Waals surface area contributed by atoms with E-state index in [2.05, 4.69) is 40.3 Å². The van der Waals surface area contributed by atoms with Crippen LogP contribution >= 0.6 is 0 Å². The topological polar surface area (TPSA) is 56.0 Å². The van der Waals surface area contributed by atoms with Crippen molar-refractivity contribution in [2.24, 2.45) is 4.99 Å². The third kappa shape index (κ3) is 2.76. The Morgan fingerprint density at radius 2 is 2.00 bits per heavy atom. The summed E-state index contributed by atoms with van der Waals surface area (Å²) in [6.45, 7) is 7.90. The minimum absolute atomic E-state index is 0.527. The zero-order chi connectivity index (χ0) is 13.8. The number of hydrogen-bond donors (Lipinski definition) is 0. The average Bonchev–Trinajstić information content (AvgIpc) is 2.88. The van der Waals surface area contributed by atoms with Gasteiger partial charge >= 0.3 is 0 Å². The lowest BCUT2D eigenvalue weighted by atomic mass is 10.1. The molecule has 98 valence electrons. The van der Waals surface area contributed by atoms with E-state index in [0.29, 0.717) is 5.82 Å². The molecule has 0 aliphatic heterocycles. The molecule has 2 aromatic rings. The molecule has 0 amide bonds. The first-order chi connectivity index (χ1) is 9.15. The van der Waals surface area contributed by atoms with Crippen molar-refractivity contribution in [2.45, 2.75) is 27.7 Å². The molecule has 0 aliphatic rings. The number of aliphatic imine (C=N–C) groups is 1. The molecule has 1 aromatic carbocycles. The summed E-state index contributed by atoms with van der Waals surface area (Å²) >= 11 is 0. The van der Waals surface area contributed by atoms with Gasteiger partial charge in [-0.2, -0.15) is 0 Å². The van der Waals surface area contributed by atoms with Crippen molar-refractivity contribution in [3.8, 4) is 5.69 Å². The lowest BCUT2D eigenvalue weighted by Gasteiger charge is -2.02. The molecule has 0 N–H and O–H groups in total. The average molecular weight is 255 g/mol. The minimum Gasteiger partial charge on any atom is -0.258 e. The Labute approximate surface area is 112 Å². The molecule has 0 saturated carbocycles. The van der Waals surface area contributed by atoms with Crippen molar-refractivity contribution in [2.75, 3.05) is 0 Å². The summed E-state index contributed by atoms with van der Waals surface area (Å²) in [5.74, 6) is 0.527. The van der Waals surface area contributed by atoms with E-state index in [1.54, 1.807) is 6.21 Å². The van der Waals surface area contributed by atoms with Crippen LogP contribution in [0.2, 0.25) is 0 Å². The van der Waals surface area contributed by atoms with Gasteiger partial charge in [-0.05, 0) is 56.2 Å². The molecule has 0 fully saturated rings. The highest BCUT2D eigenvalue weighted by atomic mass is 15.6. The molecule has 2 rings (SSSR count). The van der Waals surface area contributed by atoms with Crippen molar-refractivity contribution in [1.29, 1.82) is 0 Å². The Kier molecular flexibility index (Phi) is 3.85. The van der Waals surface area contributed by atoms with Crippen LogP contribution in [0.4, 0.5) is 0 Å². The molecule has 0 radical (unpaired) electrons. The molecule has 0 bridgehead atoms. The van der Waals surface area contributed by atoms with Gasteiger partial charge in [-0.15, -0.1) is 15.0 Å². The Morgan fingerprint density at radius 3 is 2.63 bits per heavy atom. The van der Waals surface area contributed by atoms with Gasteiger partial charge in [-0.3, -0.25) is 4.99 Å². The van der Waals surface area contributed by atoms with Crippen LogP contribution in [0.1, 0.15) is 30.8 Å². The van der Waals surface area contributed by atoms with Crippen molar-refractivity contribution in [3.05, 3.63) is 41.2 Å². The van der Waals surface area contributed by atoms with Gasteiger partial charge in [0.25, 0.3) is 0 Å². The second kappa shape index (κ2) is 5.56. The molecule has 1 aromatic heterocycles. The lowest BCUT2D eigenvalue weighted by Crippen LogP contribution is -2.00. The molecule has 0 aliphatic carbocycles. The summed E-state index contributed by atoms with van der Waals surface area (Å²) in [7, 11) is 0. The molecule has 0 spiro atoms. The van der Waals surface area contributed by atoms with Gasteiger partial charge in [0.1, 0.15) is 5.70 Å². The highest BCUT2D eigenvalue weighted by molar-refractivity contribution is 5.69. The van der Waals surface area contributed by atoms with Gasteiger partial charge in [0.15, 0.2) is 0 Å². The number of nitrogens with zero attached hydrogens (tertiary/aromatic N) is 5. The predicted molar refractivity (Wildman–Crippen MR) is 76.4 cm³/mol. The summed E-state index contributed by atoms with van der Waals surface area (Å²) < 4.78 is 0. The Balaban J connectivity index is 2.38. The van der Waals surface area contributed by atoms with Gasteiger partial charge in [0.2, 0.25) is 5.82 Å². The van der Waals surface area contributed by atoms with Crippen LogP contribution < -0.4 is 0 Å². The van der Waals surface area contributed by atoms with Crippen LogP contribution in [-0.2, 0) is 0 Å². The standard InChI is InChI=1S/C14H17N5/c1-5-13(15-6-2)14-16-18-19(17-14)12-8-7-10(3)11(4)9-12/h5-9H,1-4H3/b13-5-,15-6?. The first kappa shape index (κ1) is 13.1. The normalized spacial score (nSPS) is 12.3. The molecule has 0 unspecified atom stereocenters. The summed E-state index contributed by atoms with van der Waals surface area (Å²) in [5.41, 5.74) is 4.07. The van der Waals surface area contributed by atoms with Crippen LogP contribution in [0.15, 0.2) is 29.3 Å². The van der Waals surface area contributed by atoms with Gasteiger partial charge in [0, 0.05) is 6.21 Å². The SMILES string of the molecule is CC=N/C(=C\C)c1nnn(-c2ccc(C)c(C)c2)n1. The van der Waals surface area contributed by atoms with Crippen LogP contribution in [0, 0.1) is 13.8 Å². The van der Waals surface area contributed by atoms with E-state index in [1.165, 1.54) is 15.9 Å². The van der Waals surface area contributed by atoms with Gasteiger partial charge in [-0.1, -0.05) is 12.1 Å². The molecular formula is C14H17N5. The van der Waals surface area contributed by atoms with E-state index in [-0.39, 0.29) is 0 Å². The summed E-state index contributed by atoms with van der Waals surface area (Å²) in [6, 6.07) is 6.07. The first-order valence-electron chi connectivity index (χ1n) is 6.18. The van der Waals surface area contributed by atoms with E-state index >= 15 is 0 Å². The van der Waals surface area contributed by atoms with E-state index in [9.17, 15) is 0 Å². The summed E-state index contributed by atoms with van der Waals surface area (Å²) in [4.78, 5) is 5.73. The number of aryl methyl sites for hydroxylation is 2. The number of hydrogen-bond acceptors (Lipinski definition) is 4. The first-order valence-corrected chi connectivity index (χ1v) is 6.18. The molecule has 0 saturated heterocycles. The molecule has 1 heterocycles. The lowest BCUT2D eigenvalue weighted by molar-refractivity contribution is 0.718. The molecule has 0 atom stereocenters. The third-order valence-corrected chi connectivity index (χ3v) is 2.91. The second-order valence-electron chi connectivity index (χ2n) is 4.23. The number of allylic oxidation sites excluding steroid dienone is 1. The van der Waals surface area contributed by atoms with E-state index in [4.69, 9.17) is 0 Å². The van der Waals surface area contributed by atoms with Gasteiger partial charge in [0.05, 0.1) is 5.69 Å². The Morgan fingerprint density at radius 1 is 1.21 bits per heavy atom. The highest BCUT2D eigenvalue weighted by Gasteiger charge is 2.08. The molecule has 19 heavy (non-hydrogen) atoms. The second-order valence-corrected chi connectivity index (χ2v) is 4.23. The van der Waals surface area contributed by atoms with Crippen molar-refractivity contribution < 1.29 is 0 Å². The predicted octanol–water partition coefficient (Wildman–Crippen LogP) is 2.73. The van der Waals surface area contributed by atoms with Crippen molar-refractivity contribution in [1.82, 2.24) is 20.2 Å². The largest absolute Gasteiger partial charge is 0.258 e. The fourth-order valence-corrected chi connectivity index (χ4v) is 1.68. The Bertz CT molecular complexity index is 637. The fourth-order valence-electron chi connectivity index (χ4n) is 1.68. The summed E-state index contributed by atoms with van der Waals surface area (Å²) in [6.07, 6.45) is 3.58. The number of aromatic nitrogens is 4. The Hall–Kier alpha value is -2.30. The van der Waals surface area contributed by atoms with E-state index in [0.717, 1.165) is 11.4 Å². The van der Waals surface area contributed by atoms with Crippen LogP contribution in [0.3, 0.4) is 0 Å². The third-order valence-electron chi connectivity index (χ3n) is 2.91. The van der Waals surface area contributed by atoms with E-state index < -0.39 is 0 Å². The zero-order valence-corrected chi connectivity index (χ0v) is 11.6. The van der Waals surface area contributed by atoms with Gasteiger partial charge in [-0.25, -0.2) is 0 Å². The maximum absolute atomic E-state index is 4.35. The number of benzene rings is 1. The smallest absolute Gasteiger partial charge is 0.223 e. The van der Waals surface area contributed by atoms with Crippen LogP contribution in [0.25, 0.3) is 11.4 Å². The zero-order valence-electron chi connectivity index (χ0n) is 11.6. The number of tetrazole rings is 1. The van der Waals surface area contributed by atoms with Crippen molar-refractivity contribution >= 4 is 11.9 Å². The maximum atomic E-state index is 4.35. The van der Waals surface area contributed by atoms with Crippen molar-refractivity contribution in [3.63, 3.8) is 0 Å². The fraction of sp³-hybridized carbons (Fsp3) is 0.286. The maximum Gasteiger partial charge on any atom is 0.223 e. The van der Waals surface area contributed by atoms with E-state index in [1.807, 2.05) is 32.1 Å². The van der Waals surface area contributed by atoms with Gasteiger partial charge < -0.3 is 0 Å².